The van der Waals surface area contributed by atoms with E-state index in [-0.39, 0.29) is 24.8 Å². The molecule has 0 radical (unpaired) electrons. The van der Waals surface area contributed by atoms with Gasteiger partial charge in [0.15, 0.2) is 0 Å². The number of hydrogen-bond acceptors (Lipinski definition) is 5. The first-order chi connectivity index (χ1) is 13.5. The van der Waals surface area contributed by atoms with Crippen LogP contribution in [0.3, 0.4) is 0 Å². The van der Waals surface area contributed by atoms with Crippen LogP contribution in [0.25, 0.3) is 10.9 Å². The highest BCUT2D eigenvalue weighted by Crippen LogP contribution is 2.21. The summed E-state index contributed by atoms with van der Waals surface area (Å²) in [5, 5.41) is 8.55. The summed E-state index contributed by atoms with van der Waals surface area (Å²) >= 11 is 0. The molecule has 0 saturated carbocycles. The third-order valence-corrected chi connectivity index (χ3v) is 4.69. The number of carbonyl (C=O) groups is 4. The predicted molar refractivity (Wildman–Crippen MR) is 101 cm³/mol. The number of benzene rings is 1. The minimum Gasteiger partial charge on any atom is -0.497 e. The summed E-state index contributed by atoms with van der Waals surface area (Å²) in [5.74, 6) is -0.656. The molecule has 0 bridgehead atoms. The average molecular weight is 386 g/mol. The first-order valence-corrected chi connectivity index (χ1v) is 8.97. The molecular weight excluding hydrogens is 364 g/mol. The van der Waals surface area contributed by atoms with Gasteiger partial charge in [-0.2, -0.15) is 0 Å². The van der Waals surface area contributed by atoms with Crippen molar-refractivity contribution in [3.8, 4) is 5.75 Å². The standard InChI is InChI=1S/C19H22N4O5/c1-28-14-2-3-15-12(7-14)8-16(23-15)19(27)21-9-17(25)22-13(10-24)6-11-4-5-20-18(11)26/h2-3,7-8,10-11,13,23H,4-6,9H2,1H3,(H,20,26)(H,21,27)(H,22,25). The lowest BCUT2D eigenvalue weighted by Gasteiger charge is -2.15. The molecule has 2 atom stereocenters. The molecule has 2 heterocycles. The Morgan fingerprint density at radius 3 is 2.86 bits per heavy atom. The number of nitrogens with one attached hydrogen (secondary N) is 4. The van der Waals surface area contributed by atoms with Crippen LogP contribution in [0.4, 0.5) is 0 Å². The van der Waals surface area contributed by atoms with Gasteiger partial charge in [-0.3, -0.25) is 14.4 Å². The second-order valence-corrected chi connectivity index (χ2v) is 6.64. The third kappa shape index (κ3) is 4.48. The molecule has 3 rings (SSSR count). The van der Waals surface area contributed by atoms with Crippen LogP contribution in [0.2, 0.25) is 0 Å². The fourth-order valence-corrected chi connectivity index (χ4v) is 3.20. The van der Waals surface area contributed by atoms with Crippen LogP contribution in [0.5, 0.6) is 5.75 Å². The van der Waals surface area contributed by atoms with E-state index in [4.69, 9.17) is 4.74 Å². The van der Waals surface area contributed by atoms with Gasteiger partial charge in [-0.05, 0) is 37.1 Å². The van der Waals surface area contributed by atoms with Crippen LogP contribution in [0.1, 0.15) is 23.3 Å². The van der Waals surface area contributed by atoms with Crippen molar-refractivity contribution in [2.24, 2.45) is 5.92 Å². The summed E-state index contributed by atoms with van der Waals surface area (Å²) < 4.78 is 5.15. The fourth-order valence-electron chi connectivity index (χ4n) is 3.20. The maximum atomic E-state index is 12.3. The lowest BCUT2D eigenvalue weighted by Crippen LogP contribution is -2.44. The highest BCUT2D eigenvalue weighted by molar-refractivity contribution is 5.99. The van der Waals surface area contributed by atoms with Crippen molar-refractivity contribution in [3.05, 3.63) is 30.0 Å². The molecule has 1 aliphatic heterocycles. The van der Waals surface area contributed by atoms with Gasteiger partial charge < -0.3 is 30.5 Å². The number of methoxy groups -OCH3 is 1. The largest absolute Gasteiger partial charge is 0.497 e. The molecule has 148 valence electrons. The number of aldehydes is 1. The number of hydrogen-bond donors (Lipinski definition) is 4. The van der Waals surface area contributed by atoms with E-state index in [0.717, 1.165) is 10.9 Å². The zero-order valence-corrected chi connectivity index (χ0v) is 15.4. The molecule has 9 nitrogen and oxygen atoms in total. The highest BCUT2D eigenvalue weighted by atomic mass is 16.5. The van der Waals surface area contributed by atoms with E-state index >= 15 is 0 Å². The summed E-state index contributed by atoms with van der Waals surface area (Å²) in [5.41, 5.74) is 1.08. The van der Waals surface area contributed by atoms with Gasteiger partial charge in [0.1, 0.15) is 17.7 Å². The van der Waals surface area contributed by atoms with Gasteiger partial charge in [0.2, 0.25) is 11.8 Å². The SMILES string of the molecule is COc1ccc2[nH]c(C(=O)NCC(=O)NC(C=O)CC3CCNC3=O)cc2c1. The monoisotopic (exact) mass is 386 g/mol. The minimum absolute atomic E-state index is 0.107. The Labute approximate surface area is 161 Å². The first kappa shape index (κ1) is 19.4. The van der Waals surface area contributed by atoms with Crippen molar-refractivity contribution in [2.45, 2.75) is 18.9 Å². The fraction of sp³-hybridized carbons (Fsp3) is 0.368. The molecule has 2 unspecified atom stereocenters. The van der Waals surface area contributed by atoms with Crippen molar-refractivity contribution >= 4 is 34.9 Å². The minimum atomic E-state index is -0.765. The van der Waals surface area contributed by atoms with Crippen molar-refractivity contribution in [2.75, 3.05) is 20.2 Å². The van der Waals surface area contributed by atoms with E-state index in [9.17, 15) is 19.2 Å². The summed E-state index contributed by atoms with van der Waals surface area (Å²) in [6, 6.07) is 6.27. The molecule has 1 saturated heterocycles. The lowest BCUT2D eigenvalue weighted by atomic mass is 9.99. The van der Waals surface area contributed by atoms with Gasteiger partial charge in [0.25, 0.3) is 5.91 Å². The Balaban J connectivity index is 1.52. The number of fused-ring (bicyclic) bond motifs is 1. The van der Waals surface area contributed by atoms with Gasteiger partial charge in [0, 0.05) is 23.4 Å². The van der Waals surface area contributed by atoms with Gasteiger partial charge >= 0.3 is 0 Å². The van der Waals surface area contributed by atoms with Crippen molar-refractivity contribution in [3.63, 3.8) is 0 Å². The van der Waals surface area contributed by atoms with Crippen molar-refractivity contribution in [1.29, 1.82) is 0 Å². The second kappa shape index (κ2) is 8.55. The second-order valence-electron chi connectivity index (χ2n) is 6.64. The van der Waals surface area contributed by atoms with Crippen LogP contribution in [-0.4, -0.2) is 55.2 Å². The normalized spacial score (nSPS) is 17.0. The molecule has 0 aliphatic carbocycles. The van der Waals surface area contributed by atoms with Gasteiger partial charge in [-0.15, -0.1) is 0 Å². The molecule has 9 heteroatoms. The van der Waals surface area contributed by atoms with Crippen LogP contribution in [0, 0.1) is 5.92 Å². The van der Waals surface area contributed by atoms with Crippen LogP contribution in [0.15, 0.2) is 24.3 Å². The number of amides is 3. The Morgan fingerprint density at radius 1 is 1.36 bits per heavy atom. The molecule has 1 fully saturated rings. The smallest absolute Gasteiger partial charge is 0.268 e. The Bertz CT molecular complexity index is 907. The van der Waals surface area contributed by atoms with Gasteiger partial charge in [-0.25, -0.2) is 0 Å². The summed E-state index contributed by atoms with van der Waals surface area (Å²) in [6.45, 7) is 0.300. The summed E-state index contributed by atoms with van der Waals surface area (Å²) in [7, 11) is 1.56. The Hall–Kier alpha value is -3.36. The van der Waals surface area contributed by atoms with Gasteiger partial charge in [-0.1, -0.05) is 0 Å². The van der Waals surface area contributed by atoms with E-state index in [1.54, 1.807) is 31.4 Å². The van der Waals surface area contributed by atoms with Crippen molar-refractivity contribution in [1.82, 2.24) is 20.9 Å². The van der Waals surface area contributed by atoms with E-state index in [2.05, 4.69) is 20.9 Å². The molecule has 28 heavy (non-hydrogen) atoms. The third-order valence-electron chi connectivity index (χ3n) is 4.69. The maximum Gasteiger partial charge on any atom is 0.268 e. The number of aromatic nitrogens is 1. The molecule has 1 aromatic heterocycles. The average Bonchev–Trinajstić information content (AvgIpc) is 3.30. The highest BCUT2D eigenvalue weighted by Gasteiger charge is 2.27. The molecule has 3 amide bonds. The Kier molecular flexibility index (Phi) is 5.93. The molecule has 1 aromatic carbocycles. The quantitative estimate of drug-likeness (QED) is 0.479. The number of aromatic amines is 1. The number of carbonyl (C=O) groups excluding carboxylic acids is 4. The predicted octanol–water partition coefficient (Wildman–Crippen LogP) is 0.116. The van der Waals surface area contributed by atoms with Gasteiger partial charge in [0.05, 0.1) is 19.7 Å². The molecule has 2 aromatic rings. The Morgan fingerprint density at radius 2 is 2.18 bits per heavy atom. The van der Waals surface area contributed by atoms with E-state index in [1.165, 1.54) is 0 Å². The summed E-state index contributed by atoms with van der Waals surface area (Å²) in [6.07, 6.45) is 1.50. The molecule has 4 N–H and O–H groups in total. The number of rotatable bonds is 8. The van der Waals surface area contributed by atoms with Crippen molar-refractivity contribution < 1.29 is 23.9 Å². The molecule has 1 aliphatic rings. The van der Waals surface area contributed by atoms with E-state index in [1.807, 2.05) is 0 Å². The van der Waals surface area contributed by atoms with E-state index in [0.29, 0.717) is 30.7 Å². The maximum absolute atomic E-state index is 12.3. The van der Waals surface area contributed by atoms with E-state index < -0.39 is 17.9 Å². The summed E-state index contributed by atoms with van der Waals surface area (Å²) in [4.78, 5) is 50.1. The van der Waals surface area contributed by atoms with Crippen LogP contribution in [-0.2, 0) is 14.4 Å². The topological polar surface area (TPSA) is 129 Å². The zero-order valence-electron chi connectivity index (χ0n) is 15.4. The molecular formula is C19H22N4O5. The van der Waals surface area contributed by atoms with Crippen LogP contribution < -0.4 is 20.7 Å². The number of H-pyrrole nitrogens is 1. The first-order valence-electron chi connectivity index (χ1n) is 8.97. The molecule has 0 spiro atoms. The number of ether oxygens (including phenoxy) is 1. The van der Waals surface area contributed by atoms with Crippen LogP contribution >= 0.6 is 0 Å². The zero-order chi connectivity index (χ0) is 20.1. The lowest BCUT2D eigenvalue weighted by molar-refractivity contribution is -0.125.